The molecule has 1 aromatic heterocycles. The van der Waals surface area contributed by atoms with Gasteiger partial charge >= 0.3 is 6.01 Å². The van der Waals surface area contributed by atoms with Crippen molar-refractivity contribution in [2.24, 2.45) is 5.92 Å². The van der Waals surface area contributed by atoms with Crippen LogP contribution >= 0.6 is 0 Å². The van der Waals surface area contributed by atoms with Gasteiger partial charge in [-0.1, -0.05) is 62.7 Å². The number of nitrogens with zero attached hydrogens (tertiary/aromatic N) is 3. The Morgan fingerprint density at radius 2 is 2.00 bits per heavy atom. The number of amides is 1. The Labute approximate surface area is 125 Å². The van der Waals surface area contributed by atoms with Gasteiger partial charge in [0, 0.05) is 18.0 Å². The fourth-order valence-corrected chi connectivity index (χ4v) is 1.96. The Morgan fingerprint density at radius 1 is 1.29 bits per heavy atom. The number of unbranched alkanes of at least 4 members (excludes halogenated alkanes) is 1. The van der Waals surface area contributed by atoms with Gasteiger partial charge in [-0.25, -0.2) is 0 Å². The molecule has 0 unspecified atom stereocenters. The molecule has 1 aromatic carbocycles. The first-order valence-electron chi connectivity index (χ1n) is 7.34. The van der Waals surface area contributed by atoms with Crippen LogP contribution in [0.4, 0.5) is 6.01 Å². The lowest BCUT2D eigenvalue weighted by molar-refractivity contribution is -0.121. The maximum absolute atomic E-state index is 12.3. The minimum absolute atomic E-state index is 0.00621. The van der Waals surface area contributed by atoms with Gasteiger partial charge in [0.2, 0.25) is 11.7 Å². The van der Waals surface area contributed by atoms with Crippen molar-refractivity contribution >= 4 is 11.9 Å². The number of carbonyl (C=O) groups excluding carboxylic acids is 1. The first-order chi connectivity index (χ1) is 10.1. The molecule has 0 aliphatic carbocycles. The molecule has 112 valence electrons. The monoisotopic (exact) mass is 287 g/mol. The SMILES string of the molecule is CCCCN(C(=O)C(C)C)c1nc(-c2ccccc2)no1. The summed E-state index contributed by atoms with van der Waals surface area (Å²) >= 11 is 0. The summed E-state index contributed by atoms with van der Waals surface area (Å²) in [4.78, 5) is 18.2. The normalized spacial score (nSPS) is 10.9. The number of anilines is 1. The van der Waals surface area contributed by atoms with Gasteiger partial charge in [0.25, 0.3) is 0 Å². The lowest BCUT2D eigenvalue weighted by Gasteiger charge is -2.19. The van der Waals surface area contributed by atoms with Crippen molar-refractivity contribution in [2.75, 3.05) is 11.4 Å². The van der Waals surface area contributed by atoms with E-state index in [4.69, 9.17) is 4.52 Å². The highest BCUT2D eigenvalue weighted by Crippen LogP contribution is 2.21. The number of carbonyl (C=O) groups is 1. The zero-order valence-corrected chi connectivity index (χ0v) is 12.7. The molecule has 0 atom stereocenters. The fraction of sp³-hybridized carbons (Fsp3) is 0.438. The zero-order chi connectivity index (χ0) is 15.2. The maximum atomic E-state index is 12.3. The Bertz CT molecular complexity index is 578. The number of hydrogen-bond donors (Lipinski definition) is 0. The van der Waals surface area contributed by atoms with Crippen LogP contribution in [0.25, 0.3) is 11.4 Å². The van der Waals surface area contributed by atoms with E-state index in [0.717, 1.165) is 18.4 Å². The van der Waals surface area contributed by atoms with Crippen LogP contribution in [0, 0.1) is 5.92 Å². The van der Waals surface area contributed by atoms with Gasteiger partial charge in [-0.05, 0) is 6.42 Å². The summed E-state index contributed by atoms with van der Waals surface area (Å²) < 4.78 is 5.29. The smallest absolute Gasteiger partial charge is 0.314 e. The highest BCUT2D eigenvalue weighted by atomic mass is 16.5. The molecule has 0 N–H and O–H groups in total. The summed E-state index contributed by atoms with van der Waals surface area (Å²) in [5, 5.41) is 3.98. The Morgan fingerprint density at radius 3 is 2.62 bits per heavy atom. The number of hydrogen-bond acceptors (Lipinski definition) is 4. The minimum Gasteiger partial charge on any atom is -0.314 e. The molecule has 0 fully saturated rings. The Kier molecular flexibility index (Phi) is 5.09. The molecule has 2 rings (SSSR count). The van der Waals surface area contributed by atoms with Gasteiger partial charge in [-0.3, -0.25) is 9.69 Å². The molecule has 0 aliphatic rings. The fourth-order valence-electron chi connectivity index (χ4n) is 1.96. The van der Waals surface area contributed by atoms with Gasteiger partial charge in [0.05, 0.1) is 0 Å². The first kappa shape index (κ1) is 15.2. The molecule has 2 aromatic rings. The number of benzene rings is 1. The first-order valence-corrected chi connectivity index (χ1v) is 7.34. The van der Waals surface area contributed by atoms with Gasteiger partial charge in [0.1, 0.15) is 0 Å². The molecule has 0 aliphatic heterocycles. The Hall–Kier alpha value is -2.17. The van der Waals surface area contributed by atoms with E-state index in [1.54, 1.807) is 4.90 Å². The molecule has 1 amide bonds. The van der Waals surface area contributed by atoms with Crippen molar-refractivity contribution in [3.63, 3.8) is 0 Å². The summed E-state index contributed by atoms with van der Waals surface area (Å²) in [7, 11) is 0. The summed E-state index contributed by atoms with van der Waals surface area (Å²) in [6.07, 6.45) is 1.91. The van der Waals surface area contributed by atoms with Crippen molar-refractivity contribution < 1.29 is 9.32 Å². The third-order valence-corrected chi connectivity index (χ3v) is 3.17. The maximum Gasteiger partial charge on any atom is 0.331 e. The lowest BCUT2D eigenvalue weighted by atomic mass is 10.2. The van der Waals surface area contributed by atoms with Crippen molar-refractivity contribution in [3.8, 4) is 11.4 Å². The van der Waals surface area contributed by atoms with Gasteiger partial charge in [-0.15, -0.1) is 0 Å². The van der Waals surface area contributed by atoms with E-state index in [1.165, 1.54) is 0 Å². The molecule has 5 heteroatoms. The topological polar surface area (TPSA) is 59.2 Å². The van der Waals surface area contributed by atoms with Gasteiger partial charge < -0.3 is 4.52 Å². The van der Waals surface area contributed by atoms with E-state index < -0.39 is 0 Å². The zero-order valence-electron chi connectivity index (χ0n) is 12.7. The van der Waals surface area contributed by atoms with Crippen molar-refractivity contribution in [3.05, 3.63) is 30.3 Å². The molecule has 5 nitrogen and oxygen atoms in total. The molecule has 0 saturated heterocycles. The van der Waals surface area contributed by atoms with E-state index in [9.17, 15) is 4.79 Å². The van der Waals surface area contributed by atoms with Crippen molar-refractivity contribution in [1.29, 1.82) is 0 Å². The van der Waals surface area contributed by atoms with Crippen LogP contribution in [0.2, 0.25) is 0 Å². The van der Waals surface area contributed by atoms with Crippen LogP contribution in [0.1, 0.15) is 33.6 Å². The standard InChI is InChI=1S/C16H21N3O2/c1-4-5-11-19(15(20)12(2)3)16-17-14(18-21-16)13-9-7-6-8-10-13/h6-10,12H,4-5,11H2,1-3H3. The molecule has 0 bridgehead atoms. The quantitative estimate of drug-likeness (QED) is 0.815. The second kappa shape index (κ2) is 7.02. The van der Waals surface area contributed by atoms with E-state index in [-0.39, 0.29) is 17.8 Å². The number of aromatic nitrogens is 2. The molecule has 0 saturated carbocycles. The molecule has 0 spiro atoms. The second-order valence-corrected chi connectivity index (χ2v) is 5.26. The van der Waals surface area contributed by atoms with Crippen molar-refractivity contribution in [1.82, 2.24) is 10.1 Å². The van der Waals surface area contributed by atoms with Crippen LogP contribution in [0.3, 0.4) is 0 Å². The summed E-state index contributed by atoms with van der Waals surface area (Å²) in [6, 6.07) is 9.87. The lowest BCUT2D eigenvalue weighted by Crippen LogP contribution is -2.35. The largest absolute Gasteiger partial charge is 0.331 e. The third kappa shape index (κ3) is 3.68. The van der Waals surface area contributed by atoms with Gasteiger partial charge in [-0.2, -0.15) is 4.98 Å². The van der Waals surface area contributed by atoms with Crippen LogP contribution in [-0.4, -0.2) is 22.6 Å². The summed E-state index contributed by atoms with van der Waals surface area (Å²) in [5.41, 5.74) is 0.875. The summed E-state index contributed by atoms with van der Waals surface area (Å²) in [5.74, 6) is 0.407. The van der Waals surface area contributed by atoms with Crippen LogP contribution in [0.15, 0.2) is 34.9 Å². The average molecular weight is 287 g/mol. The summed E-state index contributed by atoms with van der Waals surface area (Å²) in [6.45, 7) is 6.43. The van der Waals surface area contributed by atoms with Crippen LogP contribution in [-0.2, 0) is 4.79 Å². The van der Waals surface area contributed by atoms with E-state index in [1.807, 2.05) is 44.2 Å². The van der Waals surface area contributed by atoms with E-state index in [0.29, 0.717) is 12.4 Å². The predicted octanol–water partition coefficient (Wildman–Crippen LogP) is 3.53. The Balaban J connectivity index is 2.25. The average Bonchev–Trinajstić information content (AvgIpc) is 2.98. The van der Waals surface area contributed by atoms with Crippen molar-refractivity contribution in [2.45, 2.75) is 33.6 Å². The van der Waals surface area contributed by atoms with E-state index >= 15 is 0 Å². The molecular formula is C16H21N3O2. The van der Waals surface area contributed by atoms with Crippen LogP contribution in [0.5, 0.6) is 0 Å². The predicted molar refractivity (Wildman–Crippen MR) is 81.8 cm³/mol. The number of rotatable bonds is 6. The molecular weight excluding hydrogens is 266 g/mol. The highest BCUT2D eigenvalue weighted by molar-refractivity contribution is 5.92. The minimum atomic E-state index is -0.103. The molecule has 1 heterocycles. The van der Waals surface area contributed by atoms with Gasteiger partial charge in [0.15, 0.2) is 0 Å². The third-order valence-electron chi connectivity index (χ3n) is 3.17. The molecule has 0 radical (unpaired) electrons. The highest BCUT2D eigenvalue weighted by Gasteiger charge is 2.23. The molecule has 21 heavy (non-hydrogen) atoms. The second-order valence-electron chi connectivity index (χ2n) is 5.26. The van der Waals surface area contributed by atoms with Crippen LogP contribution < -0.4 is 4.90 Å². The van der Waals surface area contributed by atoms with E-state index in [2.05, 4.69) is 17.1 Å².